The van der Waals surface area contributed by atoms with Crippen molar-refractivity contribution in [3.8, 4) is 11.3 Å². The number of hydrogen-bond acceptors (Lipinski definition) is 3. The Morgan fingerprint density at radius 3 is 2.65 bits per heavy atom. The number of amides is 1. The van der Waals surface area contributed by atoms with Crippen LogP contribution in [-0.4, -0.2) is 31.4 Å². The van der Waals surface area contributed by atoms with Gasteiger partial charge in [0.25, 0.3) is 5.91 Å². The zero-order valence-corrected chi connectivity index (χ0v) is 16.4. The number of halogens is 1. The van der Waals surface area contributed by atoms with E-state index in [9.17, 15) is 4.79 Å². The number of carbonyl (C=O) groups is 1. The van der Waals surface area contributed by atoms with Crippen LogP contribution in [0.25, 0.3) is 11.3 Å². The average molecular weight is 390 g/mol. The summed E-state index contributed by atoms with van der Waals surface area (Å²) in [5.74, 6) is 1.64. The highest BCUT2D eigenvalue weighted by molar-refractivity contribution is 7.09. The van der Waals surface area contributed by atoms with Crippen molar-refractivity contribution in [2.24, 2.45) is 0 Å². The molecular weight excluding hydrogens is 368 g/mol. The molecule has 3 rings (SSSR count). The minimum Gasteiger partial charge on any atom is -0.459 e. The molecule has 6 heteroatoms. The van der Waals surface area contributed by atoms with Gasteiger partial charge in [-0.15, -0.1) is 11.3 Å². The molecule has 2 heterocycles. The van der Waals surface area contributed by atoms with Crippen molar-refractivity contribution in [1.29, 1.82) is 0 Å². The van der Waals surface area contributed by atoms with Gasteiger partial charge >= 0.3 is 0 Å². The third-order valence-electron chi connectivity index (χ3n) is 4.12. The van der Waals surface area contributed by atoms with Crippen LogP contribution in [0.2, 0.25) is 5.02 Å². The van der Waals surface area contributed by atoms with E-state index in [1.165, 1.54) is 9.78 Å². The maximum atomic E-state index is 12.5. The van der Waals surface area contributed by atoms with E-state index in [1.807, 2.05) is 56.6 Å². The molecule has 0 saturated heterocycles. The number of thiophene rings is 1. The lowest BCUT2D eigenvalue weighted by molar-refractivity contribution is -0.885. The summed E-state index contributed by atoms with van der Waals surface area (Å²) in [7, 11) is 3.85. The maximum Gasteiger partial charge on any atom is 0.277 e. The SMILES string of the molecule is CN(Cc1ccc(-c2ccc(Cl)cc2)o1)C(=O)C[NH+](C)Cc1cccs1. The number of rotatable bonds is 7. The quantitative estimate of drug-likeness (QED) is 0.673. The van der Waals surface area contributed by atoms with Gasteiger partial charge in [0, 0.05) is 17.6 Å². The van der Waals surface area contributed by atoms with E-state index in [-0.39, 0.29) is 5.91 Å². The first-order valence-corrected chi connectivity index (χ1v) is 9.69. The number of furan rings is 1. The predicted octanol–water partition coefficient (Wildman–Crippen LogP) is 3.33. The van der Waals surface area contributed by atoms with Gasteiger partial charge in [0.1, 0.15) is 18.1 Å². The van der Waals surface area contributed by atoms with Gasteiger partial charge in [0.2, 0.25) is 0 Å². The Morgan fingerprint density at radius 1 is 1.19 bits per heavy atom. The highest BCUT2D eigenvalue weighted by Gasteiger charge is 2.17. The van der Waals surface area contributed by atoms with E-state index in [0.717, 1.165) is 23.6 Å². The van der Waals surface area contributed by atoms with Crippen molar-refractivity contribution in [3.63, 3.8) is 0 Å². The summed E-state index contributed by atoms with van der Waals surface area (Å²) in [6.07, 6.45) is 0. The number of carbonyl (C=O) groups excluding carboxylic acids is 1. The number of hydrogen-bond donors (Lipinski definition) is 1. The van der Waals surface area contributed by atoms with Gasteiger partial charge in [-0.25, -0.2) is 0 Å². The number of quaternary nitrogens is 1. The minimum atomic E-state index is 0.100. The van der Waals surface area contributed by atoms with Gasteiger partial charge in [-0.05, 0) is 47.8 Å². The van der Waals surface area contributed by atoms with Gasteiger partial charge in [0.15, 0.2) is 6.54 Å². The molecule has 0 aliphatic rings. The van der Waals surface area contributed by atoms with Gasteiger partial charge in [-0.2, -0.15) is 0 Å². The minimum absolute atomic E-state index is 0.100. The second-order valence-electron chi connectivity index (χ2n) is 6.41. The fourth-order valence-corrected chi connectivity index (χ4v) is 3.67. The largest absolute Gasteiger partial charge is 0.459 e. The van der Waals surface area contributed by atoms with E-state index < -0.39 is 0 Å². The van der Waals surface area contributed by atoms with Crippen LogP contribution < -0.4 is 4.90 Å². The Bertz CT molecular complexity index is 843. The summed E-state index contributed by atoms with van der Waals surface area (Å²) in [5.41, 5.74) is 0.967. The van der Waals surface area contributed by atoms with Gasteiger partial charge in [0.05, 0.1) is 18.5 Å². The molecule has 1 amide bonds. The molecule has 26 heavy (non-hydrogen) atoms. The smallest absolute Gasteiger partial charge is 0.277 e. The first-order chi connectivity index (χ1) is 12.5. The molecule has 0 aliphatic heterocycles. The summed E-state index contributed by atoms with van der Waals surface area (Å²) < 4.78 is 5.88. The van der Waals surface area contributed by atoms with Crippen LogP contribution in [0, 0.1) is 0 Å². The van der Waals surface area contributed by atoms with Crippen LogP contribution in [0.5, 0.6) is 0 Å². The molecule has 3 aromatic rings. The monoisotopic (exact) mass is 389 g/mol. The van der Waals surface area contributed by atoms with Crippen molar-refractivity contribution in [2.75, 3.05) is 20.6 Å². The summed E-state index contributed by atoms with van der Waals surface area (Å²) >= 11 is 7.64. The Labute approximate surface area is 162 Å². The Morgan fingerprint density at radius 2 is 1.96 bits per heavy atom. The van der Waals surface area contributed by atoms with Crippen molar-refractivity contribution >= 4 is 28.8 Å². The lowest BCUT2D eigenvalue weighted by Crippen LogP contribution is -3.08. The topological polar surface area (TPSA) is 37.9 Å². The molecule has 0 aliphatic carbocycles. The zero-order valence-electron chi connectivity index (χ0n) is 14.9. The van der Waals surface area contributed by atoms with E-state index in [2.05, 4.69) is 11.4 Å². The van der Waals surface area contributed by atoms with E-state index in [1.54, 1.807) is 16.2 Å². The molecule has 136 valence electrons. The van der Waals surface area contributed by atoms with Crippen LogP contribution in [0.3, 0.4) is 0 Å². The molecular formula is C20H22ClN2O2S+. The predicted molar refractivity (Wildman–Crippen MR) is 105 cm³/mol. The van der Waals surface area contributed by atoms with Crippen molar-refractivity contribution in [3.05, 3.63) is 69.6 Å². The van der Waals surface area contributed by atoms with Crippen LogP contribution in [0.4, 0.5) is 0 Å². The highest BCUT2D eigenvalue weighted by atomic mass is 35.5. The van der Waals surface area contributed by atoms with E-state index in [4.69, 9.17) is 16.0 Å². The fraction of sp³-hybridized carbons (Fsp3) is 0.250. The third kappa shape index (κ3) is 4.97. The summed E-state index contributed by atoms with van der Waals surface area (Å²) in [5, 5.41) is 2.76. The fourth-order valence-electron chi connectivity index (χ4n) is 2.72. The van der Waals surface area contributed by atoms with Crippen molar-refractivity contribution in [2.45, 2.75) is 13.1 Å². The highest BCUT2D eigenvalue weighted by Crippen LogP contribution is 2.24. The number of nitrogens with one attached hydrogen (secondary N) is 1. The third-order valence-corrected chi connectivity index (χ3v) is 5.25. The molecule has 0 saturated carbocycles. The zero-order chi connectivity index (χ0) is 18.5. The van der Waals surface area contributed by atoms with E-state index in [0.29, 0.717) is 18.1 Å². The first-order valence-electron chi connectivity index (χ1n) is 8.43. The van der Waals surface area contributed by atoms with Crippen LogP contribution in [-0.2, 0) is 17.9 Å². The molecule has 0 fully saturated rings. The van der Waals surface area contributed by atoms with Crippen molar-refractivity contribution < 1.29 is 14.1 Å². The van der Waals surface area contributed by atoms with E-state index >= 15 is 0 Å². The van der Waals surface area contributed by atoms with Gasteiger partial charge in [-0.3, -0.25) is 4.79 Å². The molecule has 2 aromatic heterocycles. The molecule has 4 nitrogen and oxygen atoms in total. The molecule has 0 bridgehead atoms. The van der Waals surface area contributed by atoms with Crippen molar-refractivity contribution in [1.82, 2.24) is 4.90 Å². The average Bonchev–Trinajstić information content (AvgIpc) is 3.27. The molecule has 0 spiro atoms. The Hall–Kier alpha value is -2.08. The van der Waals surface area contributed by atoms with Crippen LogP contribution >= 0.6 is 22.9 Å². The van der Waals surface area contributed by atoms with Crippen LogP contribution in [0.1, 0.15) is 10.6 Å². The molecule has 0 radical (unpaired) electrons. The normalized spacial score (nSPS) is 12.1. The standard InChI is InChI=1S/C20H21ClN2O2S/c1-22(13-18-4-3-11-26-18)14-20(24)23(2)12-17-9-10-19(25-17)15-5-7-16(21)8-6-15/h3-11H,12-14H2,1-2H3/p+1. The second-order valence-corrected chi connectivity index (χ2v) is 7.88. The number of likely N-dealkylation sites (N-methyl/N-ethyl adjacent to an activating group) is 2. The second kappa shape index (κ2) is 8.54. The summed E-state index contributed by atoms with van der Waals surface area (Å²) in [4.78, 5) is 16.6. The van der Waals surface area contributed by atoms with Gasteiger partial charge < -0.3 is 14.2 Å². The Kier molecular flexibility index (Phi) is 6.14. The molecule has 1 atom stereocenters. The first kappa shape index (κ1) is 18.7. The molecule has 1 N–H and O–H groups in total. The number of nitrogens with zero attached hydrogens (tertiary/aromatic N) is 1. The molecule has 1 unspecified atom stereocenters. The van der Waals surface area contributed by atoms with Gasteiger partial charge in [-0.1, -0.05) is 17.7 Å². The Balaban J connectivity index is 1.54. The maximum absolute atomic E-state index is 12.5. The lowest BCUT2D eigenvalue weighted by atomic mass is 10.2. The number of benzene rings is 1. The molecule has 1 aromatic carbocycles. The summed E-state index contributed by atoms with van der Waals surface area (Å²) in [6.45, 7) is 1.77. The summed E-state index contributed by atoms with van der Waals surface area (Å²) in [6, 6.07) is 15.5. The lowest BCUT2D eigenvalue weighted by Gasteiger charge is -2.18. The van der Waals surface area contributed by atoms with Crippen LogP contribution in [0.15, 0.2) is 58.3 Å².